The second-order valence-electron chi connectivity index (χ2n) is 22.2. The van der Waals surface area contributed by atoms with Gasteiger partial charge in [-0.25, -0.2) is 0 Å². The topological polar surface area (TPSA) is 149 Å². The smallest absolute Gasteiger partial charge is 0.220 e. The predicted octanol–water partition coefficient (Wildman–Crippen LogP) is 17.5. The lowest BCUT2D eigenvalue weighted by Crippen LogP contribution is -2.60. The number of rotatable bonds is 55. The minimum absolute atomic E-state index is 0.194. The number of aliphatic hydroxyl groups is 5. The molecule has 0 aliphatic carbocycles. The average Bonchev–Trinajstić information content (AvgIpc) is 3.46. The molecule has 0 aromatic heterocycles. The molecule has 7 atom stereocenters. The molecule has 7 unspecified atom stereocenters. The molecule has 0 saturated carbocycles. The van der Waals surface area contributed by atoms with Crippen LogP contribution in [0.5, 0.6) is 0 Å². The van der Waals surface area contributed by atoms with Crippen LogP contribution in [0.4, 0.5) is 0 Å². The van der Waals surface area contributed by atoms with Gasteiger partial charge in [0, 0.05) is 6.42 Å². The fourth-order valence-electron chi connectivity index (χ4n) is 9.64. The highest BCUT2D eigenvalue weighted by Gasteiger charge is 2.44. The summed E-state index contributed by atoms with van der Waals surface area (Å²) in [4.78, 5) is 13.1. The Labute approximate surface area is 490 Å². The summed E-state index contributed by atoms with van der Waals surface area (Å²) >= 11 is 0. The Morgan fingerprint density at radius 2 is 0.787 bits per heavy atom. The monoisotopic (exact) mass is 1120 g/mol. The van der Waals surface area contributed by atoms with E-state index in [4.69, 9.17) is 9.47 Å². The van der Waals surface area contributed by atoms with Gasteiger partial charge < -0.3 is 40.3 Å². The Morgan fingerprint density at radius 3 is 1.20 bits per heavy atom. The lowest BCUT2D eigenvalue weighted by molar-refractivity contribution is -0.302. The third-order valence-corrected chi connectivity index (χ3v) is 14.7. The van der Waals surface area contributed by atoms with Crippen LogP contribution in [0.15, 0.2) is 122 Å². The standard InChI is InChI=1S/C71H121NO8/c1-3-5-7-9-11-13-15-17-19-21-23-25-26-27-28-29-30-31-32-33-34-35-36-37-38-39-40-41-43-45-47-49-51-53-55-57-59-61-67(75)72-64(63-79-71-70(78)69(77)68(76)66(62-73)80-71)65(74)60-58-56-54-52-50-48-46-44-42-24-22-20-18-16-14-12-10-8-6-4-2/h5,7,11,13,17,19,23,25,27-28,30-31,33-34,42,44,50,52,58,60,64-66,68-71,73-74,76-78H,3-4,6,8-10,12,14-16,18,20-22,24,26,29,32,35-41,43,45-49,51,53-57,59,61-63H2,1-2H3,(H,72,75)/b7-5-,13-11-,19-17-,25-23-,28-27-,31-30-,34-33-,44-42+,52-50+,60-58+. The summed E-state index contributed by atoms with van der Waals surface area (Å²) in [7, 11) is 0. The molecule has 0 spiro atoms. The molecule has 1 aliphatic rings. The molecule has 1 rings (SSSR count). The second kappa shape index (κ2) is 58.8. The van der Waals surface area contributed by atoms with E-state index in [1.807, 2.05) is 6.08 Å². The van der Waals surface area contributed by atoms with Gasteiger partial charge in [-0.15, -0.1) is 0 Å². The van der Waals surface area contributed by atoms with Crippen LogP contribution in [0.25, 0.3) is 0 Å². The summed E-state index contributed by atoms with van der Waals surface area (Å²) in [5.74, 6) is -0.194. The van der Waals surface area contributed by atoms with E-state index in [9.17, 15) is 30.3 Å². The van der Waals surface area contributed by atoms with E-state index in [-0.39, 0.29) is 12.5 Å². The van der Waals surface area contributed by atoms with Crippen LogP contribution in [-0.2, 0) is 14.3 Å². The summed E-state index contributed by atoms with van der Waals surface area (Å²) < 4.78 is 11.3. The number of hydrogen-bond acceptors (Lipinski definition) is 8. The normalized spacial score (nSPS) is 19.3. The van der Waals surface area contributed by atoms with E-state index < -0.39 is 49.5 Å². The van der Waals surface area contributed by atoms with E-state index >= 15 is 0 Å². The van der Waals surface area contributed by atoms with Crippen LogP contribution in [0.3, 0.4) is 0 Å². The number of aliphatic hydroxyl groups excluding tert-OH is 5. The zero-order valence-electron chi connectivity index (χ0n) is 51.0. The lowest BCUT2D eigenvalue weighted by atomic mass is 9.99. The fourth-order valence-corrected chi connectivity index (χ4v) is 9.64. The Morgan fingerprint density at radius 1 is 0.438 bits per heavy atom. The number of unbranched alkanes of at least 4 members (excludes halogenated alkanes) is 27. The number of allylic oxidation sites excluding steroid dienone is 19. The number of carbonyl (C=O) groups is 1. The summed E-state index contributed by atoms with van der Waals surface area (Å²) in [6.07, 6.45) is 81.4. The third-order valence-electron chi connectivity index (χ3n) is 14.7. The van der Waals surface area contributed by atoms with Crippen LogP contribution < -0.4 is 5.32 Å². The maximum atomic E-state index is 13.1. The van der Waals surface area contributed by atoms with Gasteiger partial charge in [0.25, 0.3) is 0 Å². The molecule has 6 N–H and O–H groups in total. The minimum atomic E-state index is -1.58. The van der Waals surface area contributed by atoms with E-state index in [0.717, 1.165) is 96.3 Å². The van der Waals surface area contributed by atoms with Gasteiger partial charge in [0.15, 0.2) is 6.29 Å². The molecule has 1 aliphatic heterocycles. The molecular formula is C71H121NO8. The highest BCUT2D eigenvalue weighted by Crippen LogP contribution is 2.23. The van der Waals surface area contributed by atoms with Crippen molar-refractivity contribution in [1.29, 1.82) is 0 Å². The van der Waals surface area contributed by atoms with Gasteiger partial charge in [-0.2, -0.15) is 0 Å². The van der Waals surface area contributed by atoms with E-state index in [0.29, 0.717) is 6.42 Å². The first-order valence-corrected chi connectivity index (χ1v) is 32.8. The lowest BCUT2D eigenvalue weighted by Gasteiger charge is -2.40. The molecule has 80 heavy (non-hydrogen) atoms. The van der Waals surface area contributed by atoms with Crippen molar-refractivity contribution >= 4 is 5.91 Å². The second-order valence-corrected chi connectivity index (χ2v) is 22.2. The Balaban J connectivity index is 2.16. The maximum Gasteiger partial charge on any atom is 0.220 e. The first-order valence-electron chi connectivity index (χ1n) is 32.8. The van der Waals surface area contributed by atoms with Gasteiger partial charge in [0.05, 0.1) is 25.4 Å². The zero-order chi connectivity index (χ0) is 57.9. The van der Waals surface area contributed by atoms with Crippen LogP contribution >= 0.6 is 0 Å². The van der Waals surface area contributed by atoms with Crippen molar-refractivity contribution in [2.24, 2.45) is 0 Å². The van der Waals surface area contributed by atoms with Crippen molar-refractivity contribution in [2.75, 3.05) is 13.2 Å². The Bertz CT molecular complexity index is 1670. The van der Waals surface area contributed by atoms with Gasteiger partial charge >= 0.3 is 0 Å². The molecular weight excluding hydrogens is 995 g/mol. The molecule has 9 nitrogen and oxygen atoms in total. The Hall–Kier alpha value is -3.41. The van der Waals surface area contributed by atoms with Crippen molar-refractivity contribution in [3.8, 4) is 0 Å². The van der Waals surface area contributed by atoms with Gasteiger partial charge in [-0.1, -0.05) is 277 Å². The molecule has 1 heterocycles. The van der Waals surface area contributed by atoms with Crippen LogP contribution in [0.1, 0.15) is 264 Å². The van der Waals surface area contributed by atoms with Crippen molar-refractivity contribution in [1.82, 2.24) is 5.32 Å². The molecule has 1 amide bonds. The largest absolute Gasteiger partial charge is 0.394 e. The highest BCUT2D eigenvalue weighted by molar-refractivity contribution is 5.76. The quantitative estimate of drug-likeness (QED) is 0.0261. The van der Waals surface area contributed by atoms with Crippen molar-refractivity contribution in [3.63, 3.8) is 0 Å². The van der Waals surface area contributed by atoms with Crippen LogP contribution in [0, 0.1) is 0 Å². The van der Waals surface area contributed by atoms with Crippen molar-refractivity contribution < 1.29 is 39.8 Å². The molecule has 1 saturated heterocycles. The predicted molar refractivity (Wildman–Crippen MR) is 340 cm³/mol. The number of nitrogens with one attached hydrogen (secondary N) is 1. The van der Waals surface area contributed by atoms with Crippen LogP contribution in [0.2, 0.25) is 0 Å². The molecule has 1 fully saturated rings. The number of hydrogen-bond donors (Lipinski definition) is 6. The average molecular weight is 1120 g/mol. The van der Waals surface area contributed by atoms with Crippen molar-refractivity contribution in [3.05, 3.63) is 122 Å². The number of ether oxygens (including phenoxy) is 2. The molecule has 0 radical (unpaired) electrons. The Kier molecular flexibility index (Phi) is 54.8. The third kappa shape index (κ3) is 47.1. The molecule has 0 aromatic carbocycles. The van der Waals surface area contributed by atoms with Gasteiger partial charge in [-0.3, -0.25) is 4.79 Å². The first-order chi connectivity index (χ1) is 39.3. The van der Waals surface area contributed by atoms with Gasteiger partial charge in [0.1, 0.15) is 24.4 Å². The van der Waals surface area contributed by atoms with E-state index in [1.165, 1.54) is 148 Å². The first kappa shape index (κ1) is 74.6. The fraction of sp³-hybridized carbons (Fsp3) is 0.704. The minimum Gasteiger partial charge on any atom is -0.394 e. The number of carbonyl (C=O) groups excluding carboxylic acids is 1. The SMILES string of the molecule is CC/C=C\C/C=C\C/C=C\C/C=C\C/C=C\C/C=C\C/C=C\CCCCCCCCCCCCCCCCCC(=O)NC(COC1OC(CO)C(O)C(O)C1O)C(O)/C=C/CC/C=C/CC/C=C/CCCCCCCCCCCC. The summed E-state index contributed by atoms with van der Waals surface area (Å²) in [6.45, 7) is 3.65. The molecule has 0 bridgehead atoms. The maximum absolute atomic E-state index is 13.1. The highest BCUT2D eigenvalue weighted by atomic mass is 16.7. The molecule has 0 aromatic rings. The summed E-state index contributed by atoms with van der Waals surface area (Å²) in [6, 6.07) is -0.836. The number of amides is 1. The zero-order valence-corrected chi connectivity index (χ0v) is 51.0. The van der Waals surface area contributed by atoms with Gasteiger partial charge in [-0.05, 0) is 103 Å². The van der Waals surface area contributed by atoms with Crippen molar-refractivity contribution in [2.45, 2.75) is 307 Å². The van der Waals surface area contributed by atoms with Crippen LogP contribution in [-0.4, -0.2) is 87.5 Å². The van der Waals surface area contributed by atoms with Gasteiger partial charge in [0.2, 0.25) is 5.91 Å². The summed E-state index contributed by atoms with van der Waals surface area (Å²) in [5.41, 5.74) is 0. The van der Waals surface area contributed by atoms with E-state index in [2.05, 4.69) is 129 Å². The molecule has 9 heteroatoms. The molecule has 458 valence electrons. The summed E-state index contributed by atoms with van der Waals surface area (Å²) in [5, 5.41) is 54.6. The van der Waals surface area contributed by atoms with E-state index in [1.54, 1.807) is 6.08 Å².